The molecule has 0 rings (SSSR count). The summed E-state index contributed by atoms with van der Waals surface area (Å²) in [6.45, 7) is 9.00. The first-order valence-electron chi connectivity index (χ1n) is 13.0. The fourth-order valence-corrected chi connectivity index (χ4v) is 3.47. The van der Waals surface area contributed by atoms with Crippen LogP contribution >= 0.6 is 0 Å². The maximum Gasteiger partial charge on any atom is 0.311 e. The highest BCUT2D eigenvalue weighted by molar-refractivity contribution is 5.79. The highest BCUT2D eigenvalue weighted by Crippen LogP contribution is 2.41. The van der Waals surface area contributed by atoms with Crippen molar-refractivity contribution in [1.29, 1.82) is 0 Å². The molecular weight excluding hydrogens is 500 g/mol. The van der Waals surface area contributed by atoms with E-state index < -0.39 is 46.1 Å². The van der Waals surface area contributed by atoms with E-state index in [2.05, 4.69) is 4.74 Å². The van der Waals surface area contributed by atoms with Gasteiger partial charge in [-0.2, -0.15) is 0 Å². The minimum absolute atomic E-state index is 0.0632. The van der Waals surface area contributed by atoms with E-state index in [0.29, 0.717) is 25.9 Å². The summed E-state index contributed by atoms with van der Waals surface area (Å²) in [7, 11) is 2.81. The van der Waals surface area contributed by atoms with E-state index in [1.54, 1.807) is 34.8 Å². The third-order valence-corrected chi connectivity index (χ3v) is 6.89. The summed E-state index contributed by atoms with van der Waals surface area (Å²) in [4.78, 5) is 60.8. The van der Waals surface area contributed by atoms with Crippen molar-refractivity contribution in [3.05, 3.63) is 0 Å². The number of hydrogen-bond donors (Lipinski definition) is 1. The number of methoxy groups -OCH3 is 2. The maximum atomic E-state index is 13.1. The van der Waals surface area contributed by atoms with Gasteiger partial charge < -0.3 is 28.8 Å². The Bertz CT molecular complexity index is 792. The van der Waals surface area contributed by atoms with E-state index >= 15 is 0 Å². The van der Waals surface area contributed by atoms with E-state index in [1.165, 1.54) is 7.11 Å². The number of carbonyl (C=O) groups excluding carboxylic acids is 4. The van der Waals surface area contributed by atoms with Crippen molar-refractivity contribution in [2.75, 3.05) is 40.6 Å². The van der Waals surface area contributed by atoms with Crippen LogP contribution in [0.3, 0.4) is 0 Å². The number of hydrogen-bond acceptors (Lipinski definition) is 10. The van der Waals surface area contributed by atoms with Gasteiger partial charge in [0.15, 0.2) is 0 Å². The molecule has 0 spiro atoms. The lowest BCUT2D eigenvalue weighted by Crippen LogP contribution is -2.37. The lowest BCUT2D eigenvalue weighted by Gasteiger charge is -2.34. The standard InChI is InChI=1S/C27H46O11/c1-8-26(4,23(32)38-19-11-21(30)35-7)14-15-27(5,24(33)37-18-10-20(28)29)13-12-25(2,3)22(31)36-17-9-16-34-6/h8-19H2,1-7H3,(H,28,29). The molecule has 0 saturated heterocycles. The average molecular weight is 547 g/mol. The third-order valence-electron chi connectivity index (χ3n) is 6.89. The smallest absolute Gasteiger partial charge is 0.311 e. The number of carboxylic acid groups (broad SMARTS) is 1. The van der Waals surface area contributed by atoms with Crippen LogP contribution in [0.15, 0.2) is 0 Å². The molecule has 220 valence electrons. The SMILES string of the molecule is CCC(C)(CCC(C)(CCC(C)(C)C(=O)OCCCOC)C(=O)OCCC(=O)O)C(=O)OCCC(=O)OC. The topological polar surface area (TPSA) is 152 Å². The first-order chi connectivity index (χ1) is 17.7. The molecule has 0 aliphatic rings. The lowest BCUT2D eigenvalue weighted by atomic mass is 9.71. The minimum atomic E-state index is -1.10. The van der Waals surface area contributed by atoms with Gasteiger partial charge in [-0.3, -0.25) is 24.0 Å². The van der Waals surface area contributed by atoms with Crippen molar-refractivity contribution in [2.45, 2.75) is 86.0 Å². The first kappa shape index (κ1) is 35.3. The molecule has 1 N–H and O–H groups in total. The van der Waals surface area contributed by atoms with E-state index in [0.717, 1.165) is 0 Å². The molecule has 11 heteroatoms. The molecule has 0 aliphatic carbocycles. The number of esters is 4. The highest BCUT2D eigenvalue weighted by atomic mass is 16.6. The predicted octanol–water partition coefficient (Wildman–Crippen LogP) is 3.70. The zero-order valence-corrected chi connectivity index (χ0v) is 24.0. The molecule has 11 nitrogen and oxygen atoms in total. The average Bonchev–Trinajstić information content (AvgIpc) is 2.87. The summed E-state index contributed by atoms with van der Waals surface area (Å²) in [5.41, 5.74) is -2.93. The molecule has 0 aliphatic heterocycles. The van der Waals surface area contributed by atoms with E-state index in [9.17, 15) is 24.0 Å². The van der Waals surface area contributed by atoms with Gasteiger partial charge in [-0.05, 0) is 59.8 Å². The summed E-state index contributed by atoms with van der Waals surface area (Å²) < 4.78 is 25.5. The van der Waals surface area contributed by atoms with Crippen molar-refractivity contribution in [3.63, 3.8) is 0 Å². The maximum absolute atomic E-state index is 13.1. The Balaban J connectivity index is 5.49. The van der Waals surface area contributed by atoms with E-state index in [-0.39, 0.29) is 51.9 Å². The zero-order valence-electron chi connectivity index (χ0n) is 24.0. The van der Waals surface area contributed by atoms with Crippen molar-refractivity contribution in [1.82, 2.24) is 0 Å². The number of ether oxygens (including phenoxy) is 5. The van der Waals surface area contributed by atoms with Crippen LogP contribution in [0, 0.1) is 16.2 Å². The van der Waals surface area contributed by atoms with Crippen molar-refractivity contribution in [2.24, 2.45) is 16.2 Å². The molecule has 0 saturated carbocycles. The van der Waals surface area contributed by atoms with E-state index in [1.807, 2.05) is 6.92 Å². The normalized spacial score (nSPS) is 14.5. The molecular formula is C27H46O11. The Morgan fingerprint density at radius 2 is 1.16 bits per heavy atom. The van der Waals surface area contributed by atoms with Crippen LogP contribution in [0.5, 0.6) is 0 Å². The molecule has 38 heavy (non-hydrogen) atoms. The molecule has 0 amide bonds. The van der Waals surface area contributed by atoms with Crippen LogP contribution in [0.2, 0.25) is 0 Å². The van der Waals surface area contributed by atoms with Crippen LogP contribution in [-0.2, 0) is 47.7 Å². The highest BCUT2D eigenvalue weighted by Gasteiger charge is 2.42. The monoisotopic (exact) mass is 546 g/mol. The summed E-state index contributed by atoms with van der Waals surface area (Å²) in [5.74, 6) is -3.08. The summed E-state index contributed by atoms with van der Waals surface area (Å²) in [6, 6.07) is 0. The fraction of sp³-hybridized carbons (Fsp3) is 0.815. The number of carbonyl (C=O) groups is 5. The second-order valence-electron chi connectivity index (χ2n) is 10.6. The quantitative estimate of drug-likeness (QED) is 0.135. The van der Waals surface area contributed by atoms with Gasteiger partial charge in [0.05, 0.1) is 42.8 Å². The van der Waals surface area contributed by atoms with Gasteiger partial charge in [0.2, 0.25) is 0 Å². The van der Waals surface area contributed by atoms with Gasteiger partial charge in [0.25, 0.3) is 0 Å². The van der Waals surface area contributed by atoms with Gasteiger partial charge in [0, 0.05) is 20.1 Å². The van der Waals surface area contributed by atoms with Crippen molar-refractivity contribution in [3.8, 4) is 0 Å². The van der Waals surface area contributed by atoms with Crippen molar-refractivity contribution >= 4 is 29.8 Å². The van der Waals surface area contributed by atoms with Crippen LogP contribution in [-0.4, -0.2) is 75.6 Å². The van der Waals surface area contributed by atoms with Crippen LogP contribution in [0.25, 0.3) is 0 Å². The van der Waals surface area contributed by atoms with Crippen LogP contribution in [0.4, 0.5) is 0 Å². The molecule has 2 unspecified atom stereocenters. The van der Waals surface area contributed by atoms with Gasteiger partial charge in [0.1, 0.15) is 13.2 Å². The zero-order chi connectivity index (χ0) is 29.4. The summed E-state index contributed by atoms with van der Waals surface area (Å²) in [5, 5.41) is 8.90. The van der Waals surface area contributed by atoms with Gasteiger partial charge >= 0.3 is 29.8 Å². The fourth-order valence-electron chi connectivity index (χ4n) is 3.47. The molecule has 0 fully saturated rings. The summed E-state index contributed by atoms with van der Waals surface area (Å²) >= 11 is 0. The molecule has 0 aromatic rings. The third kappa shape index (κ3) is 12.7. The number of aliphatic carboxylic acids is 1. The molecule has 0 aromatic heterocycles. The molecule has 0 heterocycles. The van der Waals surface area contributed by atoms with Gasteiger partial charge in [-0.1, -0.05) is 6.92 Å². The van der Waals surface area contributed by atoms with Gasteiger partial charge in [-0.25, -0.2) is 0 Å². The van der Waals surface area contributed by atoms with Crippen molar-refractivity contribution < 1.29 is 52.8 Å². The second kappa shape index (κ2) is 17.0. The van der Waals surface area contributed by atoms with Crippen LogP contribution < -0.4 is 0 Å². The second-order valence-corrected chi connectivity index (χ2v) is 10.6. The minimum Gasteiger partial charge on any atom is -0.481 e. The molecule has 0 radical (unpaired) electrons. The Morgan fingerprint density at radius 3 is 1.68 bits per heavy atom. The molecule has 0 bridgehead atoms. The Kier molecular flexibility index (Phi) is 15.8. The molecule has 2 atom stereocenters. The number of carboxylic acids is 1. The predicted molar refractivity (Wildman–Crippen MR) is 137 cm³/mol. The van der Waals surface area contributed by atoms with Gasteiger partial charge in [-0.15, -0.1) is 0 Å². The number of rotatable bonds is 20. The Hall–Kier alpha value is -2.69. The van der Waals surface area contributed by atoms with E-state index in [4.69, 9.17) is 24.1 Å². The van der Waals surface area contributed by atoms with Crippen LogP contribution in [0.1, 0.15) is 86.0 Å². The first-order valence-corrected chi connectivity index (χ1v) is 13.0. The Morgan fingerprint density at radius 1 is 0.658 bits per heavy atom. The molecule has 0 aromatic carbocycles. The Labute approximate surface area is 225 Å². The lowest BCUT2D eigenvalue weighted by molar-refractivity contribution is -0.163. The summed E-state index contributed by atoms with van der Waals surface area (Å²) in [6.07, 6.45) is 1.64. The largest absolute Gasteiger partial charge is 0.481 e.